The molecule has 0 aliphatic carbocycles. The molecule has 2 heterocycles. The van der Waals surface area contributed by atoms with Gasteiger partial charge in [-0.25, -0.2) is 8.78 Å². The van der Waals surface area contributed by atoms with Crippen LogP contribution in [0.1, 0.15) is 34.0 Å². The third kappa shape index (κ3) is 4.08. The van der Waals surface area contributed by atoms with Crippen LogP contribution in [0.25, 0.3) is 0 Å². The van der Waals surface area contributed by atoms with E-state index in [-0.39, 0.29) is 34.8 Å². The number of hydrogen-bond donors (Lipinski definition) is 1. The highest BCUT2D eigenvalue weighted by molar-refractivity contribution is 5.96. The minimum Gasteiger partial charge on any atom is -0.494 e. The molecule has 1 atom stereocenters. The number of aromatic amines is 1. The number of halogens is 2. The van der Waals surface area contributed by atoms with Gasteiger partial charge in [-0.3, -0.25) is 14.6 Å². The number of Topliss-reactive ketones (excluding diaryl/α,β-unsaturated/α-hetero) is 1. The van der Waals surface area contributed by atoms with Crippen LogP contribution in [0, 0.1) is 11.6 Å². The molecule has 7 heteroatoms. The Labute approximate surface area is 153 Å². The third-order valence-electron chi connectivity index (χ3n) is 4.19. The number of ketones is 1. The fourth-order valence-electron chi connectivity index (χ4n) is 2.81. The van der Waals surface area contributed by atoms with Crippen molar-refractivity contribution >= 4 is 5.78 Å². The lowest BCUT2D eigenvalue weighted by molar-refractivity contribution is 0.0976. The van der Waals surface area contributed by atoms with Crippen LogP contribution in [0.5, 0.6) is 5.75 Å². The Balaban J connectivity index is 2.01. The first kappa shape index (κ1) is 18.4. The predicted octanol–water partition coefficient (Wildman–Crippen LogP) is 3.46. The van der Waals surface area contributed by atoms with Crippen LogP contribution in [0.2, 0.25) is 0 Å². The molecule has 0 saturated carbocycles. The van der Waals surface area contributed by atoms with Crippen molar-refractivity contribution in [3.8, 4) is 5.75 Å². The van der Waals surface area contributed by atoms with Gasteiger partial charge >= 0.3 is 0 Å². The Kier molecular flexibility index (Phi) is 5.40. The van der Waals surface area contributed by atoms with Gasteiger partial charge in [-0.1, -0.05) is 6.07 Å². The monoisotopic (exact) mass is 370 g/mol. The molecule has 1 aromatic carbocycles. The largest absolute Gasteiger partial charge is 0.494 e. The van der Waals surface area contributed by atoms with E-state index in [1.54, 1.807) is 6.07 Å². The second kappa shape index (κ2) is 7.90. The van der Waals surface area contributed by atoms with E-state index in [1.165, 1.54) is 55.9 Å². The van der Waals surface area contributed by atoms with E-state index in [2.05, 4.69) is 9.97 Å². The maximum Gasteiger partial charge on any atom is 0.247 e. The van der Waals surface area contributed by atoms with Crippen molar-refractivity contribution in [3.05, 3.63) is 93.7 Å². The summed E-state index contributed by atoms with van der Waals surface area (Å²) in [6, 6.07) is 9.49. The van der Waals surface area contributed by atoms with Crippen LogP contribution in [-0.4, -0.2) is 22.9 Å². The molecule has 0 bridgehead atoms. The van der Waals surface area contributed by atoms with Crippen molar-refractivity contribution < 1.29 is 18.3 Å². The topological polar surface area (TPSA) is 72.1 Å². The van der Waals surface area contributed by atoms with Crippen LogP contribution < -0.4 is 10.3 Å². The summed E-state index contributed by atoms with van der Waals surface area (Å²) in [5, 5.41) is 0. The fourth-order valence-corrected chi connectivity index (χ4v) is 2.81. The predicted molar refractivity (Wildman–Crippen MR) is 95.0 cm³/mol. The number of carbonyl (C=O) groups is 1. The maximum absolute atomic E-state index is 14.3. The van der Waals surface area contributed by atoms with Crippen LogP contribution >= 0.6 is 0 Å². The van der Waals surface area contributed by atoms with Crippen molar-refractivity contribution in [2.45, 2.75) is 12.3 Å². The average molecular weight is 370 g/mol. The lowest BCUT2D eigenvalue weighted by Crippen LogP contribution is -2.14. The van der Waals surface area contributed by atoms with Gasteiger partial charge in [0, 0.05) is 36.4 Å². The van der Waals surface area contributed by atoms with Gasteiger partial charge < -0.3 is 9.72 Å². The van der Waals surface area contributed by atoms with Gasteiger partial charge in [0.25, 0.3) is 0 Å². The number of nitrogens with one attached hydrogen (secondary N) is 1. The number of nitrogens with zero attached hydrogens (tertiary/aromatic N) is 1. The van der Waals surface area contributed by atoms with E-state index < -0.39 is 17.6 Å². The number of benzene rings is 1. The third-order valence-corrected chi connectivity index (χ3v) is 4.19. The van der Waals surface area contributed by atoms with Crippen molar-refractivity contribution in [1.82, 2.24) is 9.97 Å². The Bertz CT molecular complexity index is 1010. The molecule has 0 unspecified atom stereocenters. The van der Waals surface area contributed by atoms with Crippen LogP contribution in [-0.2, 0) is 0 Å². The molecule has 0 radical (unpaired) electrons. The number of H-pyrrole nitrogens is 1. The lowest BCUT2D eigenvalue weighted by atomic mass is 9.88. The van der Waals surface area contributed by atoms with E-state index in [1.807, 2.05) is 0 Å². The summed E-state index contributed by atoms with van der Waals surface area (Å²) in [6.07, 6.45) is 2.56. The molecule has 5 nitrogen and oxygen atoms in total. The Hall–Kier alpha value is -3.35. The van der Waals surface area contributed by atoms with Crippen LogP contribution in [0.15, 0.2) is 59.7 Å². The van der Waals surface area contributed by atoms with Gasteiger partial charge in [0.2, 0.25) is 5.56 Å². The molecule has 3 rings (SSSR count). The van der Waals surface area contributed by atoms with Crippen molar-refractivity contribution in [3.63, 3.8) is 0 Å². The maximum atomic E-state index is 14.3. The van der Waals surface area contributed by atoms with Gasteiger partial charge in [0.1, 0.15) is 5.82 Å². The molecule has 138 valence electrons. The number of carbonyl (C=O) groups excluding carboxylic acids is 1. The van der Waals surface area contributed by atoms with E-state index >= 15 is 0 Å². The minimum absolute atomic E-state index is 0.0415. The Morgan fingerprint density at radius 1 is 1.19 bits per heavy atom. The number of ether oxygens (including phenoxy) is 1. The second-order valence-corrected chi connectivity index (χ2v) is 5.89. The molecule has 0 amide bonds. The normalized spacial score (nSPS) is 11.8. The van der Waals surface area contributed by atoms with Gasteiger partial charge in [-0.2, -0.15) is 0 Å². The number of aromatic nitrogens is 2. The molecule has 0 saturated heterocycles. The van der Waals surface area contributed by atoms with Crippen LogP contribution in [0.3, 0.4) is 0 Å². The smallest absolute Gasteiger partial charge is 0.247 e. The quantitative estimate of drug-likeness (QED) is 0.675. The summed E-state index contributed by atoms with van der Waals surface area (Å²) < 4.78 is 33.4. The summed E-state index contributed by atoms with van der Waals surface area (Å²) in [6.45, 7) is 0. The standard InChI is InChI=1S/C20H16F2N2O3/c1-27-18-6-4-12(9-16(18)22)14(20-15(21)3-2-8-23-20)10-17(25)13-5-7-19(26)24-11-13/h2-9,11,14H,10H2,1H3,(H,24,26)/t14-/m0/s1. The van der Waals surface area contributed by atoms with Gasteiger partial charge in [0.05, 0.1) is 12.8 Å². The summed E-state index contributed by atoms with van der Waals surface area (Å²) in [5.41, 5.74) is 0.365. The Morgan fingerprint density at radius 2 is 2.00 bits per heavy atom. The highest BCUT2D eigenvalue weighted by Crippen LogP contribution is 2.32. The zero-order valence-corrected chi connectivity index (χ0v) is 14.4. The number of pyridine rings is 2. The molecule has 0 aliphatic heterocycles. The van der Waals surface area contributed by atoms with E-state index in [9.17, 15) is 18.4 Å². The molecule has 27 heavy (non-hydrogen) atoms. The summed E-state index contributed by atoms with van der Waals surface area (Å²) in [7, 11) is 1.34. The SMILES string of the molecule is COc1ccc([C@H](CC(=O)c2ccc(=O)[nH]c2)c2ncccc2F)cc1F. The van der Waals surface area contributed by atoms with Crippen molar-refractivity contribution in [2.75, 3.05) is 7.11 Å². The van der Waals surface area contributed by atoms with E-state index in [0.29, 0.717) is 5.56 Å². The van der Waals surface area contributed by atoms with Gasteiger partial charge in [-0.05, 0) is 35.9 Å². The lowest BCUT2D eigenvalue weighted by Gasteiger charge is -2.18. The highest BCUT2D eigenvalue weighted by Gasteiger charge is 2.24. The fraction of sp³-hybridized carbons (Fsp3) is 0.150. The molecular weight excluding hydrogens is 354 g/mol. The second-order valence-electron chi connectivity index (χ2n) is 5.89. The zero-order chi connectivity index (χ0) is 19.4. The first-order chi connectivity index (χ1) is 13.0. The first-order valence-electron chi connectivity index (χ1n) is 8.15. The highest BCUT2D eigenvalue weighted by atomic mass is 19.1. The summed E-state index contributed by atoms with van der Waals surface area (Å²) in [4.78, 5) is 30.3. The minimum atomic E-state index is -0.800. The van der Waals surface area contributed by atoms with Crippen molar-refractivity contribution in [1.29, 1.82) is 0 Å². The van der Waals surface area contributed by atoms with E-state index in [4.69, 9.17) is 4.74 Å². The Morgan fingerprint density at radius 3 is 2.63 bits per heavy atom. The van der Waals surface area contributed by atoms with Crippen molar-refractivity contribution in [2.24, 2.45) is 0 Å². The molecule has 0 fully saturated rings. The summed E-state index contributed by atoms with van der Waals surface area (Å²) >= 11 is 0. The van der Waals surface area contributed by atoms with Gasteiger partial charge in [-0.15, -0.1) is 0 Å². The van der Waals surface area contributed by atoms with E-state index in [0.717, 1.165) is 0 Å². The molecule has 1 N–H and O–H groups in total. The van der Waals surface area contributed by atoms with Crippen LogP contribution in [0.4, 0.5) is 8.78 Å². The molecule has 0 spiro atoms. The molecule has 3 aromatic rings. The number of hydrogen-bond acceptors (Lipinski definition) is 4. The average Bonchev–Trinajstić information content (AvgIpc) is 2.67. The zero-order valence-electron chi connectivity index (χ0n) is 14.4. The molecule has 2 aromatic heterocycles. The number of rotatable bonds is 6. The molecule has 0 aliphatic rings. The summed E-state index contributed by atoms with van der Waals surface area (Å²) in [5.74, 6) is -2.30. The number of methoxy groups -OCH3 is 1. The van der Waals surface area contributed by atoms with Gasteiger partial charge in [0.15, 0.2) is 17.3 Å². The first-order valence-corrected chi connectivity index (χ1v) is 8.15. The molecular formula is C20H16F2N2O3.